The monoisotopic (exact) mass is 342 g/mol. The predicted molar refractivity (Wildman–Crippen MR) is 90.0 cm³/mol. The summed E-state index contributed by atoms with van der Waals surface area (Å²) in [5, 5.41) is 11.1. The number of hydrogen-bond acceptors (Lipinski definition) is 5. The van der Waals surface area contributed by atoms with E-state index in [9.17, 15) is 14.7 Å². The maximum absolute atomic E-state index is 12.7. The predicted octanol–water partition coefficient (Wildman–Crippen LogP) is 2.87. The van der Waals surface area contributed by atoms with Crippen LogP contribution >= 0.6 is 0 Å². The number of Topliss-reactive ketones (excluding diaryl/α,β-unsaturated/α-hetero) is 2. The van der Waals surface area contributed by atoms with Crippen molar-refractivity contribution >= 4 is 11.6 Å². The van der Waals surface area contributed by atoms with Crippen LogP contribution in [0.3, 0.4) is 0 Å². The molecule has 132 valence electrons. The Labute approximate surface area is 146 Å². The zero-order valence-electron chi connectivity index (χ0n) is 14.3. The van der Waals surface area contributed by atoms with Crippen LogP contribution in [-0.2, 0) is 14.3 Å². The number of benzene rings is 1. The molecule has 0 amide bonds. The van der Waals surface area contributed by atoms with Crippen molar-refractivity contribution in [1.29, 1.82) is 0 Å². The summed E-state index contributed by atoms with van der Waals surface area (Å²) >= 11 is 0. The Morgan fingerprint density at radius 1 is 1.12 bits per heavy atom. The summed E-state index contributed by atoms with van der Waals surface area (Å²) in [6.45, 7) is 0. The number of allylic oxidation sites excluding steroid dienone is 2. The van der Waals surface area contributed by atoms with Gasteiger partial charge in [0, 0.05) is 37.2 Å². The Balaban J connectivity index is 1.87. The first-order valence-electron chi connectivity index (χ1n) is 8.88. The average molecular weight is 342 g/mol. The van der Waals surface area contributed by atoms with Gasteiger partial charge in [0.25, 0.3) is 0 Å². The third kappa shape index (κ3) is 2.58. The first kappa shape index (κ1) is 16.3. The first-order chi connectivity index (χ1) is 12.0. The van der Waals surface area contributed by atoms with Gasteiger partial charge in [-0.25, -0.2) is 0 Å². The molecule has 5 nitrogen and oxygen atoms in total. The van der Waals surface area contributed by atoms with Crippen LogP contribution in [0.1, 0.15) is 50.0 Å². The molecule has 4 rings (SSSR count). The molecule has 1 aliphatic heterocycles. The van der Waals surface area contributed by atoms with Crippen LogP contribution in [0.15, 0.2) is 35.6 Å². The molecule has 3 atom stereocenters. The van der Waals surface area contributed by atoms with Gasteiger partial charge in [-0.3, -0.25) is 9.59 Å². The number of carbonyl (C=O) groups is 2. The van der Waals surface area contributed by atoms with Gasteiger partial charge in [-0.05, 0) is 30.5 Å². The van der Waals surface area contributed by atoms with Gasteiger partial charge in [-0.2, -0.15) is 0 Å². The first-order valence-corrected chi connectivity index (χ1v) is 8.88. The molecule has 1 N–H and O–H groups in total. The lowest BCUT2D eigenvalue weighted by atomic mass is 9.65. The number of rotatable bonds is 2. The van der Waals surface area contributed by atoms with Crippen molar-refractivity contribution in [1.82, 2.24) is 0 Å². The number of ketones is 2. The van der Waals surface area contributed by atoms with Crippen LogP contribution in [0.2, 0.25) is 0 Å². The standard InChI is InChI=1S/C20H22O5/c1-24-13-9-7-12(8-10-13)17-18-14(21)4-2-6-16(18)25-20(23)11-3-5-15(22)19(17)20/h7-10,17,19,23H,2-6,11H2,1H3/t17-,19+,20-/m0/s1. The molecule has 1 aromatic rings. The summed E-state index contributed by atoms with van der Waals surface area (Å²) in [4.78, 5) is 25.4. The largest absolute Gasteiger partial charge is 0.497 e. The summed E-state index contributed by atoms with van der Waals surface area (Å²) in [5.74, 6) is -1.38. The zero-order chi connectivity index (χ0) is 17.6. The molecule has 0 radical (unpaired) electrons. The molecule has 1 heterocycles. The maximum atomic E-state index is 12.7. The highest BCUT2D eigenvalue weighted by atomic mass is 16.6. The van der Waals surface area contributed by atoms with Crippen molar-refractivity contribution in [2.24, 2.45) is 5.92 Å². The summed E-state index contributed by atoms with van der Waals surface area (Å²) in [6, 6.07) is 7.41. The fraction of sp³-hybridized carbons (Fsp3) is 0.500. The molecule has 1 saturated carbocycles. The average Bonchev–Trinajstić information content (AvgIpc) is 2.60. The molecular formula is C20H22O5. The second-order valence-corrected chi connectivity index (χ2v) is 7.11. The molecular weight excluding hydrogens is 320 g/mol. The summed E-state index contributed by atoms with van der Waals surface area (Å²) in [5.41, 5.74) is 1.44. The lowest BCUT2D eigenvalue weighted by molar-refractivity contribution is -0.237. The highest BCUT2D eigenvalue weighted by Gasteiger charge is 2.56. The second-order valence-electron chi connectivity index (χ2n) is 7.11. The number of fused-ring (bicyclic) bond motifs is 1. The van der Waals surface area contributed by atoms with Crippen molar-refractivity contribution in [3.63, 3.8) is 0 Å². The van der Waals surface area contributed by atoms with E-state index in [-0.39, 0.29) is 11.6 Å². The van der Waals surface area contributed by atoms with Crippen LogP contribution in [0, 0.1) is 5.92 Å². The molecule has 3 aliphatic rings. The SMILES string of the molecule is COc1ccc([C@H]2C3=C(CCCC3=O)O[C@@]3(O)CCCC(=O)[C@H]23)cc1. The third-order valence-electron chi connectivity index (χ3n) is 5.62. The molecule has 0 bridgehead atoms. The van der Waals surface area contributed by atoms with Gasteiger partial charge in [0.2, 0.25) is 5.79 Å². The number of methoxy groups -OCH3 is 1. The van der Waals surface area contributed by atoms with Gasteiger partial charge in [-0.1, -0.05) is 12.1 Å². The van der Waals surface area contributed by atoms with Gasteiger partial charge in [0.05, 0.1) is 13.0 Å². The second kappa shape index (κ2) is 5.99. The van der Waals surface area contributed by atoms with E-state index in [1.165, 1.54) is 0 Å². The molecule has 0 aromatic heterocycles. The summed E-state index contributed by atoms with van der Waals surface area (Å²) < 4.78 is 11.1. The Kier molecular flexibility index (Phi) is 3.91. The molecule has 0 saturated heterocycles. The number of aliphatic hydroxyl groups is 1. The van der Waals surface area contributed by atoms with Gasteiger partial charge in [-0.15, -0.1) is 0 Å². The number of ether oxygens (including phenoxy) is 2. The van der Waals surface area contributed by atoms with Gasteiger partial charge >= 0.3 is 0 Å². The lowest BCUT2D eigenvalue weighted by Gasteiger charge is -2.48. The van der Waals surface area contributed by atoms with Crippen molar-refractivity contribution in [3.8, 4) is 5.75 Å². The maximum Gasteiger partial charge on any atom is 0.218 e. The quantitative estimate of drug-likeness (QED) is 0.895. The van der Waals surface area contributed by atoms with Crippen LogP contribution in [-0.4, -0.2) is 29.6 Å². The number of hydrogen-bond donors (Lipinski definition) is 1. The van der Waals surface area contributed by atoms with Crippen LogP contribution in [0.4, 0.5) is 0 Å². The molecule has 2 aliphatic carbocycles. The van der Waals surface area contributed by atoms with E-state index in [0.29, 0.717) is 49.2 Å². The fourth-order valence-electron chi connectivity index (χ4n) is 4.48. The molecule has 1 aromatic carbocycles. The van der Waals surface area contributed by atoms with E-state index >= 15 is 0 Å². The Bertz CT molecular complexity index is 748. The minimum atomic E-state index is -1.50. The van der Waals surface area contributed by atoms with Crippen LogP contribution in [0.25, 0.3) is 0 Å². The number of carbonyl (C=O) groups excluding carboxylic acids is 2. The van der Waals surface area contributed by atoms with Crippen molar-refractivity contribution < 1.29 is 24.2 Å². The van der Waals surface area contributed by atoms with E-state index in [4.69, 9.17) is 9.47 Å². The van der Waals surface area contributed by atoms with E-state index in [0.717, 1.165) is 12.0 Å². The van der Waals surface area contributed by atoms with Crippen molar-refractivity contribution in [2.45, 2.75) is 50.2 Å². The molecule has 0 unspecified atom stereocenters. The summed E-state index contributed by atoms with van der Waals surface area (Å²) in [6.07, 6.45) is 3.27. The van der Waals surface area contributed by atoms with E-state index in [1.54, 1.807) is 7.11 Å². The Morgan fingerprint density at radius 3 is 2.60 bits per heavy atom. The Hall–Kier alpha value is -2.14. The molecule has 1 fully saturated rings. The van der Waals surface area contributed by atoms with Gasteiger partial charge in [0.1, 0.15) is 17.3 Å². The third-order valence-corrected chi connectivity index (χ3v) is 5.62. The van der Waals surface area contributed by atoms with E-state index in [1.807, 2.05) is 24.3 Å². The highest BCUT2D eigenvalue weighted by molar-refractivity contribution is 6.00. The topological polar surface area (TPSA) is 72.8 Å². The van der Waals surface area contributed by atoms with Gasteiger partial charge in [0.15, 0.2) is 5.78 Å². The van der Waals surface area contributed by atoms with E-state index in [2.05, 4.69) is 0 Å². The normalized spacial score (nSPS) is 31.9. The molecule has 25 heavy (non-hydrogen) atoms. The Morgan fingerprint density at radius 2 is 1.88 bits per heavy atom. The fourth-order valence-corrected chi connectivity index (χ4v) is 4.48. The van der Waals surface area contributed by atoms with Gasteiger partial charge < -0.3 is 14.6 Å². The van der Waals surface area contributed by atoms with E-state index < -0.39 is 17.6 Å². The van der Waals surface area contributed by atoms with Crippen molar-refractivity contribution in [2.75, 3.05) is 7.11 Å². The van der Waals surface area contributed by atoms with Crippen molar-refractivity contribution in [3.05, 3.63) is 41.2 Å². The van der Waals surface area contributed by atoms with Crippen LogP contribution in [0.5, 0.6) is 5.75 Å². The molecule has 5 heteroatoms. The highest BCUT2D eigenvalue weighted by Crippen LogP contribution is 2.52. The minimum absolute atomic E-state index is 0.0282. The lowest BCUT2D eigenvalue weighted by Crippen LogP contribution is -2.54. The summed E-state index contributed by atoms with van der Waals surface area (Å²) in [7, 11) is 1.60. The molecule has 0 spiro atoms. The zero-order valence-corrected chi connectivity index (χ0v) is 14.3. The smallest absolute Gasteiger partial charge is 0.218 e. The van der Waals surface area contributed by atoms with Crippen LogP contribution < -0.4 is 4.74 Å². The minimum Gasteiger partial charge on any atom is -0.497 e.